The molecule has 16 heavy (non-hydrogen) atoms. The lowest BCUT2D eigenvalue weighted by atomic mass is 10.2. The fraction of sp³-hybridized carbons (Fsp3) is 0.400. The average molecular weight is 327 g/mol. The van der Waals surface area contributed by atoms with Gasteiger partial charge in [-0.1, -0.05) is 34.1 Å². The van der Waals surface area contributed by atoms with Crippen molar-refractivity contribution in [1.29, 1.82) is 0 Å². The van der Waals surface area contributed by atoms with E-state index in [0.717, 1.165) is 10.0 Å². The molecule has 0 amide bonds. The van der Waals surface area contributed by atoms with Crippen LogP contribution in [0.25, 0.3) is 0 Å². The third-order valence-electron chi connectivity index (χ3n) is 2.16. The third-order valence-corrected chi connectivity index (χ3v) is 5.15. The third kappa shape index (κ3) is 3.73. The highest BCUT2D eigenvalue weighted by atomic mass is 79.9. The van der Waals surface area contributed by atoms with Crippen LogP contribution in [0, 0.1) is 0 Å². The first kappa shape index (κ1) is 14.0. The van der Waals surface area contributed by atoms with Gasteiger partial charge in [-0.15, -0.1) is 11.6 Å². The molecule has 0 radical (unpaired) electrons. The van der Waals surface area contributed by atoms with E-state index in [2.05, 4.69) is 15.9 Å². The molecule has 0 spiro atoms. The van der Waals surface area contributed by atoms with Crippen LogP contribution in [0.4, 0.5) is 0 Å². The van der Waals surface area contributed by atoms with Gasteiger partial charge in [-0.2, -0.15) is 0 Å². The Morgan fingerprint density at radius 1 is 1.38 bits per heavy atom. The molecule has 1 rings (SSSR count). The molecule has 0 aliphatic carbocycles. The molecule has 1 aromatic rings. The van der Waals surface area contributed by atoms with Gasteiger partial charge < -0.3 is 0 Å². The second kappa shape index (κ2) is 6.00. The Kier molecular flexibility index (Phi) is 5.24. The highest BCUT2D eigenvalue weighted by Gasteiger charge is 2.17. The average Bonchev–Trinajstić information content (AvgIpc) is 2.21. The molecule has 6 heteroatoms. The summed E-state index contributed by atoms with van der Waals surface area (Å²) < 4.78 is 25.6. The van der Waals surface area contributed by atoms with Crippen molar-refractivity contribution in [2.45, 2.75) is 6.54 Å². The van der Waals surface area contributed by atoms with Gasteiger partial charge in [0.2, 0.25) is 10.0 Å². The van der Waals surface area contributed by atoms with Crippen molar-refractivity contribution in [2.75, 3.05) is 18.7 Å². The van der Waals surface area contributed by atoms with Gasteiger partial charge >= 0.3 is 0 Å². The van der Waals surface area contributed by atoms with Crippen LogP contribution in [-0.4, -0.2) is 31.4 Å². The smallest absolute Gasteiger partial charge is 0.212 e. The second-order valence-electron chi connectivity index (χ2n) is 3.35. The first-order chi connectivity index (χ1) is 7.47. The van der Waals surface area contributed by atoms with E-state index in [9.17, 15) is 8.42 Å². The Hall–Kier alpha value is -0.100. The molecule has 90 valence electrons. The van der Waals surface area contributed by atoms with Crippen molar-refractivity contribution < 1.29 is 8.42 Å². The van der Waals surface area contributed by atoms with E-state index >= 15 is 0 Å². The number of hydrogen-bond donors (Lipinski definition) is 0. The second-order valence-corrected chi connectivity index (χ2v) is 6.78. The minimum absolute atomic E-state index is 0.0322. The summed E-state index contributed by atoms with van der Waals surface area (Å²) in [5.74, 6) is 0.0815. The maximum absolute atomic E-state index is 11.7. The van der Waals surface area contributed by atoms with Crippen LogP contribution in [0.15, 0.2) is 28.7 Å². The molecule has 0 saturated heterocycles. The Morgan fingerprint density at radius 2 is 2.00 bits per heavy atom. The minimum Gasteiger partial charge on any atom is -0.212 e. The summed E-state index contributed by atoms with van der Waals surface area (Å²) >= 11 is 8.83. The van der Waals surface area contributed by atoms with Crippen molar-refractivity contribution in [2.24, 2.45) is 0 Å². The number of sulfonamides is 1. The number of nitrogens with zero attached hydrogens (tertiary/aromatic N) is 1. The van der Waals surface area contributed by atoms with Crippen molar-refractivity contribution in [3.8, 4) is 0 Å². The molecule has 0 fully saturated rings. The van der Waals surface area contributed by atoms with Crippen LogP contribution < -0.4 is 0 Å². The molecule has 3 nitrogen and oxygen atoms in total. The predicted molar refractivity (Wildman–Crippen MR) is 70.1 cm³/mol. The first-order valence-corrected chi connectivity index (χ1v) is 7.64. The molecule has 0 saturated carbocycles. The zero-order chi connectivity index (χ0) is 12.2. The Morgan fingerprint density at radius 3 is 2.56 bits per heavy atom. The van der Waals surface area contributed by atoms with Crippen LogP contribution in [0.5, 0.6) is 0 Å². The highest BCUT2D eigenvalue weighted by Crippen LogP contribution is 2.18. The SMILES string of the molecule is CN(Cc1ccccc1Br)S(=O)(=O)CCCl. The first-order valence-electron chi connectivity index (χ1n) is 4.71. The van der Waals surface area contributed by atoms with Gasteiger partial charge in [0.1, 0.15) is 0 Å². The number of alkyl halides is 1. The molecule has 0 atom stereocenters. The summed E-state index contributed by atoms with van der Waals surface area (Å²) in [6.07, 6.45) is 0. The molecular weight excluding hydrogens is 314 g/mol. The van der Waals surface area contributed by atoms with Crippen LogP contribution in [0.1, 0.15) is 5.56 Å². The maximum atomic E-state index is 11.7. The van der Waals surface area contributed by atoms with E-state index in [0.29, 0.717) is 6.54 Å². The van der Waals surface area contributed by atoms with Gasteiger partial charge in [-0.3, -0.25) is 0 Å². The van der Waals surface area contributed by atoms with Crippen molar-refractivity contribution >= 4 is 37.6 Å². The van der Waals surface area contributed by atoms with Gasteiger partial charge in [0.15, 0.2) is 0 Å². The summed E-state index contributed by atoms with van der Waals surface area (Å²) in [4.78, 5) is 0. The molecular formula is C10H13BrClNO2S. The fourth-order valence-electron chi connectivity index (χ4n) is 1.22. The maximum Gasteiger partial charge on any atom is 0.215 e. The van der Waals surface area contributed by atoms with Gasteiger partial charge in [-0.25, -0.2) is 12.7 Å². The Labute approximate surface area is 110 Å². The van der Waals surface area contributed by atoms with E-state index < -0.39 is 10.0 Å². The lowest BCUT2D eigenvalue weighted by Crippen LogP contribution is -2.29. The predicted octanol–water partition coefficient (Wildman–Crippen LogP) is 2.45. The van der Waals surface area contributed by atoms with E-state index in [4.69, 9.17) is 11.6 Å². The van der Waals surface area contributed by atoms with E-state index in [1.54, 1.807) is 7.05 Å². The minimum atomic E-state index is -3.24. The van der Waals surface area contributed by atoms with E-state index in [-0.39, 0.29) is 11.6 Å². The van der Waals surface area contributed by atoms with E-state index in [1.807, 2.05) is 24.3 Å². The number of benzene rings is 1. The van der Waals surface area contributed by atoms with Gasteiger partial charge in [0.25, 0.3) is 0 Å². The summed E-state index contributed by atoms with van der Waals surface area (Å²) in [6.45, 7) is 0.348. The summed E-state index contributed by atoms with van der Waals surface area (Å²) in [5, 5.41) is 0. The molecule has 0 aromatic heterocycles. The van der Waals surface area contributed by atoms with Crippen LogP contribution in [0.3, 0.4) is 0 Å². The largest absolute Gasteiger partial charge is 0.215 e. The molecule has 0 unspecified atom stereocenters. The highest BCUT2D eigenvalue weighted by molar-refractivity contribution is 9.10. The van der Waals surface area contributed by atoms with Crippen molar-refractivity contribution in [1.82, 2.24) is 4.31 Å². The standard InChI is InChI=1S/C10H13BrClNO2S/c1-13(16(14,15)7-6-12)8-9-4-2-3-5-10(9)11/h2-5H,6-8H2,1H3. The van der Waals surface area contributed by atoms with Gasteiger partial charge in [0, 0.05) is 23.9 Å². The van der Waals surface area contributed by atoms with Crippen LogP contribution >= 0.6 is 27.5 Å². The van der Waals surface area contributed by atoms with Crippen molar-refractivity contribution in [3.63, 3.8) is 0 Å². The quantitative estimate of drug-likeness (QED) is 0.780. The monoisotopic (exact) mass is 325 g/mol. The number of rotatable bonds is 5. The number of hydrogen-bond acceptors (Lipinski definition) is 2. The zero-order valence-electron chi connectivity index (χ0n) is 8.86. The summed E-state index contributed by atoms with van der Waals surface area (Å²) in [7, 11) is -1.69. The van der Waals surface area contributed by atoms with Gasteiger partial charge in [-0.05, 0) is 11.6 Å². The summed E-state index contributed by atoms with van der Waals surface area (Å²) in [5.41, 5.74) is 0.933. The van der Waals surface area contributed by atoms with E-state index in [1.165, 1.54) is 4.31 Å². The normalized spacial score (nSPS) is 12.0. The Bertz CT molecular complexity index is 450. The lowest BCUT2D eigenvalue weighted by molar-refractivity contribution is 0.467. The zero-order valence-corrected chi connectivity index (χ0v) is 12.0. The fourth-order valence-corrected chi connectivity index (χ4v) is 3.06. The molecule has 0 aliphatic rings. The van der Waals surface area contributed by atoms with Gasteiger partial charge in [0.05, 0.1) is 5.75 Å². The molecule has 0 N–H and O–H groups in total. The number of halogens is 2. The topological polar surface area (TPSA) is 37.4 Å². The lowest BCUT2D eigenvalue weighted by Gasteiger charge is -2.17. The molecule has 0 bridgehead atoms. The Balaban J connectivity index is 2.79. The molecule has 0 aliphatic heterocycles. The summed E-state index contributed by atoms with van der Waals surface area (Å²) in [6, 6.07) is 7.54. The van der Waals surface area contributed by atoms with Crippen molar-refractivity contribution in [3.05, 3.63) is 34.3 Å². The molecule has 1 aromatic carbocycles. The molecule has 0 heterocycles. The van der Waals surface area contributed by atoms with Crippen LogP contribution in [0.2, 0.25) is 0 Å². The van der Waals surface area contributed by atoms with Crippen LogP contribution in [-0.2, 0) is 16.6 Å².